The number of para-hydroxylation sites is 2. The van der Waals surface area contributed by atoms with Gasteiger partial charge in [0.25, 0.3) is 0 Å². The average molecular weight is 523 g/mol. The van der Waals surface area contributed by atoms with Gasteiger partial charge in [-0.25, -0.2) is 0 Å². The van der Waals surface area contributed by atoms with Crippen molar-refractivity contribution >= 4 is 35.6 Å². The number of aromatic nitrogens is 1. The topological polar surface area (TPSA) is 61.8 Å². The molecular weight excluding hydrogens is 489 g/mol. The molecule has 1 aromatic carbocycles. The van der Waals surface area contributed by atoms with Gasteiger partial charge in [-0.2, -0.15) is 0 Å². The van der Waals surface area contributed by atoms with Gasteiger partial charge in [-0.1, -0.05) is 18.2 Å². The second-order valence-electron chi connectivity index (χ2n) is 7.42. The van der Waals surface area contributed by atoms with Gasteiger partial charge in [-0.15, -0.1) is 24.0 Å². The van der Waals surface area contributed by atoms with E-state index in [9.17, 15) is 0 Å². The summed E-state index contributed by atoms with van der Waals surface area (Å²) >= 11 is 0. The summed E-state index contributed by atoms with van der Waals surface area (Å²) in [5.41, 5.74) is 3.43. The predicted octanol–water partition coefficient (Wildman–Crippen LogP) is 3.78. The first-order valence-electron chi connectivity index (χ1n) is 10.5. The van der Waals surface area contributed by atoms with Crippen LogP contribution in [0.4, 0.5) is 5.69 Å². The predicted molar refractivity (Wildman–Crippen MR) is 135 cm³/mol. The molecule has 0 radical (unpaired) electrons. The molecule has 1 fully saturated rings. The number of benzene rings is 1. The summed E-state index contributed by atoms with van der Waals surface area (Å²) in [5.74, 6) is 1.82. The highest BCUT2D eigenvalue weighted by Crippen LogP contribution is 2.29. The SMILES string of the molecule is CCNC(=NCCc1ccc(C)nc1)NC1CCCN(c2ccccc2OC)C1.I. The average Bonchev–Trinajstić information content (AvgIpc) is 2.75. The van der Waals surface area contributed by atoms with Gasteiger partial charge in [0.15, 0.2) is 5.96 Å². The van der Waals surface area contributed by atoms with E-state index >= 15 is 0 Å². The largest absolute Gasteiger partial charge is 0.495 e. The van der Waals surface area contributed by atoms with Gasteiger partial charge in [0.05, 0.1) is 12.8 Å². The van der Waals surface area contributed by atoms with Gasteiger partial charge in [0.1, 0.15) is 5.75 Å². The first-order valence-corrected chi connectivity index (χ1v) is 10.5. The van der Waals surface area contributed by atoms with Crippen LogP contribution in [0.15, 0.2) is 47.6 Å². The number of pyridine rings is 1. The molecule has 164 valence electrons. The number of hydrogen-bond donors (Lipinski definition) is 2. The van der Waals surface area contributed by atoms with E-state index in [1.165, 1.54) is 5.56 Å². The lowest BCUT2D eigenvalue weighted by atomic mass is 10.0. The minimum absolute atomic E-state index is 0. The third-order valence-electron chi connectivity index (χ3n) is 5.18. The first kappa shape index (κ1) is 24.2. The Labute approximate surface area is 197 Å². The van der Waals surface area contributed by atoms with Crippen molar-refractivity contribution in [2.24, 2.45) is 4.99 Å². The highest BCUT2D eigenvalue weighted by molar-refractivity contribution is 14.0. The number of anilines is 1. The Bertz CT molecular complexity index is 796. The molecule has 1 atom stereocenters. The van der Waals surface area contributed by atoms with Crippen LogP contribution in [0.2, 0.25) is 0 Å². The van der Waals surface area contributed by atoms with Gasteiger partial charge < -0.3 is 20.3 Å². The van der Waals surface area contributed by atoms with Crippen molar-refractivity contribution in [1.29, 1.82) is 0 Å². The molecule has 0 aliphatic carbocycles. The normalized spacial score (nSPS) is 16.6. The molecule has 7 heteroatoms. The van der Waals surface area contributed by atoms with E-state index in [0.717, 1.165) is 68.5 Å². The smallest absolute Gasteiger partial charge is 0.191 e. The summed E-state index contributed by atoms with van der Waals surface area (Å²) in [7, 11) is 1.73. The molecule has 1 aliphatic heterocycles. The lowest BCUT2D eigenvalue weighted by Crippen LogP contribution is -2.51. The van der Waals surface area contributed by atoms with Crippen molar-refractivity contribution in [2.75, 3.05) is 38.2 Å². The zero-order valence-electron chi connectivity index (χ0n) is 18.2. The Kier molecular flexibility index (Phi) is 10.2. The van der Waals surface area contributed by atoms with Crippen LogP contribution < -0.4 is 20.3 Å². The fraction of sp³-hybridized carbons (Fsp3) is 0.478. The number of aliphatic imine (C=N–C) groups is 1. The van der Waals surface area contributed by atoms with Crippen molar-refractivity contribution in [3.63, 3.8) is 0 Å². The lowest BCUT2D eigenvalue weighted by Gasteiger charge is -2.36. The van der Waals surface area contributed by atoms with E-state index in [1.54, 1.807) is 7.11 Å². The third kappa shape index (κ3) is 7.04. The molecule has 0 amide bonds. The Hall–Kier alpha value is -2.03. The molecule has 2 heterocycles. The van der Waals surface area contributed by atoms with Crippen molar-refractivity contribution in [2.45, 2.75) is 39.2 Å². The monoisotopic (exact) mass is 523 g/mol. The van der Waals surface area contributed by atoms with Crippen LogP contribution in [0, 0.1) is 6.92 Å². The van der Waals surface area contributed by atoms with Gasteiger partial charge in [-0.3, -0.25) is 9.98 Å². The van der Waals surface area contributed by atoms with E-state index < -0.39 is 0 Å². The minimum Gasteiger partial charge on any atom is -0.495 e. The zero-order chi connectivity index (χ0) is 20.5. The summed E-state index contributed by atoms with van der Waals surface area (Å²) in [6, 6.07) is 12.8. The van der Waals surface area contributed by atoms with Crippen LogP contribution >= 0.6 is 24.0 Å². The van der Waals surface area contributed by atoms with E-state index in [1.807, 2.05) is 25.3 Å². The van der Waals surface area contributed by atoms with Crippen LogP contribution in [0.1, 0.15) is 31.0 Å². The molecule has 1 aromatic heterocycles. The van der Waals surface area contributed by atoms with E-state index in [-0.39, 0.29) is 24.0 Å². The van der Waals surface area contributed by atoms with Crippen LogP contribution in [-0.2, 0) is 6.42 Å². The van der Waals surface area contributed by atoms with Gasteiger partial charge >= 0.3 is 0 Å². The Morgan fingerprint density at radius 3 is 2.83 bits per heavy atom. The first-order chi connectivity index (χ1) is 14.2. The summed E-state index contributed by atoms with van der Waals surface area (Å²) in [5, 5.41) is 7.01. The molecule has 0 bridgehead atoms. The van der Waals surface area contributed by atoms with Crippen LogP contribution in [0.3, 0.4) is 0 Å². The number of methoxy groups -OCH3 is 1. The summed E-state index contributed by atoms with van der Waals surface area (Å²) < 4.78 is 5.55. The summed E-state index contributed by atoms with van der Waals surface area (Å²) in [6.07, 6.45) is 5.11. The van der Waals surface area contributed by atoms with Gasteiger partial charge in [-0.05, 0) is 56.9 Å². The third-order valence-corrected chi connectivity index (χ3v) is 5.18. The van der Waals surface area contributed by atoms with E-state index in [4.69, 9.17) is 9.73 Å². The van der Waals surface area contributed by atoms with E-state index in [0.29, 0.717) is 6.04 Å². The fourth-order valence-electron chi connectivity index (χ4n) is 3.66. The van der Waals surface area contributed by atoms with Crippen molar-refractivity contribution in [3.8, 4) is 5.75 Å². The van der Waals surface area contributed by atoms with Crippen molar-refractivity contribution in [3.05, 3.63) is 53.9 Å². The van der Waals surface area contributed by atoms with Gasteiger partial charge in [0.2, 0.25) is 0 Å². The quantitative estimate of drug-likeness (QED) is 0.329. The molecule has 0 spiro atoms. The lowest BCUT2D eigenvalue weighted by molar-refractivity contribution is 0.408. The molecule has 0 saturated carbocycles. The highest BCUT2D eigenvalue weighted by Gasteiger charge is 2.22. The van der Waals surface area contributed by atoms with Crippen molar-refractivity contribution in [1.82, 2.24) is 15.6 Å². The highest BCUT2D eigenvalue weighted by atomic mass is 127. The maximum atomic E-state index is 5.55. The Morgan fingerprint density at radius 2 is 2.10 bits per heavy atom. The Morgan fingerprint density at radius 1 is 1.27 bits per heavy atom. The number of halogens is 1. The number of rotatable bonds is 7. The zero-order valence-corrected chi connectivity index (χ0v) is 20.6. The number of piperidine rings is 1. The number of hydrogen-bond acceptors (Lipinski definition) is 4. The minimum atomic E-state index is 0. The number of ether oxygens (including phenoxy) is 1. The molecule has 1 aliphatic rings. The molecule has 1 saturated heterocycles. The number of nitrogens with zero attached hydrogens (tertiary/aromatic N) is 3. The number of guanidine groups is 1. The molecular formula is C23H34IN5O. The molecule has 6 nitrogen and oxygen atoms in total. The maximum absolute atomic E-state index is 5.55. The van der Waals surface area contributed by atoms with Crippen LogP contribution in [0.25, 0.3) is 0 Å². The van der Waals surface area contributed by atoms with Crippen molar-refractivity contribution < 1.29 is 4.74 Å². The fourth-order valence-corrected chi connectivity index (χ4v) is 3.66. The molecule has 3 rings (SSSR count). The molecule has 1 unspecified atom stereocenters. The summed E-state index contributed by atoms with van der Waals surface area (Å²) in [4.78, 5) is 11.5. The second kappa shape index (κ2) is 12.6. The van der Waals surface area contributed by atoms with Gasteiger partial charge in [0, 0.05) is 44.1 Å². The molecule has 2 aromatic rings. The molecule has 30 heavy (non-hydrogen) atoms. The maximum Gasteiger partial charge on any atom is 0.191 e. The summed E-state index contributed by atoms with van der Waals surface area (Å²) in [6.45, 7) is 7.68. The number of aryl methyl sites for hydroxylation is 1. The van der Waals surface area contributed by atoms with Crippen LogP contribution in [0.5, 0.6) is 5.75 Å². The number of nitrogens with one attached hydrogen (secondary N) is 2. The second-order valence-corrected chi connectivity index (χ2v) is 7.42. The standard InChI is InChI=1S/C23H33N5O.HI/c1-4-24-23(25-14-13-19-12-11-18(2)26-16-19)27-20-8-7-15-28(17-20)21-9-5-6-10-22(21)29-3;/h5-6,9-12,16,20H,4,7-8,13-15,17H2,1-3H3,(H2,24,25,27);1H. The molecule has 2 N–H and O–H groups in total. The Balaban J connectivity index is 0.00000320. The van der Waals surface area contributed by atoms with E-state index in [2.05, 4.69) is 51.7 Å². The van der Waals surface area contributed by atoms with Crippen LogP contribution in [-0.4, -0.2) is 50.3 Å².